The first-order valence-corrected chi connectivity index (χ1v) is 8.72. The molecule has 2 N–H and O–H groups in total. The van der Waals surface area contributed by atoms with Gasteiger partial charge in [-0.05, 0) is 31.2 Å². The third-order valence-corrected chi connectivity index (χ3v) is 4.99. The van der Waals surface area contributed by atoms with Gasteiger partial charge in [0, 0.05) is 17.6 Å². The van der Waals surface area contributed by atoms with Gasteiger partial charge in [-0.15, -0.1) is 0 Å². The highest BCUT2D eigenvalue weighted by Gasteiger charge is 2.32. The Kier molecular flexibility index (Phi) is 5.31. The maximum absolute atomic E-state index is 12.8. The van der Waals surface area contributed by atoms with Gasteiger partial charge in [0.05, 0.1) is 10.5 Å². The Hall–Kier alpha value is -0.900. The summed E-state index contributed by atoms with van der Waals surface area (Å²) in [6, 6.07) is 2.62. The molecule has 0 saturated heterocycles. The third-order valence-electron chi connectivity index (χ3n) is 3.16. The van der Waals surface area contributed by atoms with Gasteiger partial charge in [-0.2, -0.15) is 13.2 Å². The van der Waals surface area contributed by atoms with Crippen molar-refractivity contribution in [3.63, 3.8) is 0 Å². The Morgan fingerprint density at radius 3 is 2.59 bits per heavy atom. The number of halogens is 4. The summed E-state index contributed by atoms with van der Waals surface area (Å²) >= 11 is 2.91. The molecule has 0 aromatic heterocycles. The first-order valence-electron chi connectivity index (χ1n) is 6.44. The Bertz CT molecular complexity index is 687. The van der Waals surface area contributed by atoms with E-state index in [1.807, 2.05) is 6.08 Å². The van der Waals surface area contributed by atoms with E-state index < -0.39 is 26.7 Å². The first-order chi connectivity index (χ1) is 10.2. The molecule has 9 heteroatoms. The van der Waals surface area contributed by atoms with Gasteiger partial charge in [0.1, 0.15) is 0 Å². The van der Waals surface area contributed by atoms with Crippen molar-refractivity contribution in [1.29, 1.82) is 0 Å². The maximum Gasteiger partial charge on any atom is 0.416 e. The van der Waals surface area contributed by atoms with E-state index in [0.29, 0.717) is 19.0 Å². The number of benzene rings is 1. The van der Waals surface area contributed by atoms with Crippen molar-refractivity contribution in [2.75, 3.05) is 19.6 Å². The predicted octanol–water partition coefficient (Wildman–Crippen LogP) is 2.67. The van der Waals surface area contributed by atoms with Crippen LogP contribution in [0.1, 0.15) is 12.0 Å². The van der Waals surface area contributed by atoms with Crippen LogP contribution >= 0.6 is 15.9 Å². The van der Waals surface area contributed by atoms with Crippen LogP contribution in [0.3, 0.4) is 0 Å². The topological polar surface area (TPSA) is 58.2 Å². The lowest BCUT2D eigenvalue weighted by Crippen LogP contribution is -2.30. The molecule has 0 saturated carbocycles. The van der Waals surface area contributed by atoms with Crippen LogP contribution in [0.2, 0.25) is 0 Å². The van der Waals surface area contributed by atoms with Crippen molar-refractivity contribution in [3.8, 4) is 0 Å². The molecular formula is C13H14BrF3N2O2S. The van der Waals surface area contributed by atoms with Gasteiger partial charge in [-0.1, -0.05) is 27.6 Å². The van der Waals surface area contributed by atoms with Crippen molar-refractivity contribution in [1.82, 2.24) is 10.0 Å². The molecule has 0 bridgehead atoms. The summed E-state index contributed by atoms with van der Waals surface area (Å²) in [7, 11) is -4.01. The molecule has 122 valence electrons. The molecule has 1 aromatic carbocycles. The average molecular weight is 399 g/mol. The molecule has 0 spiro atoms. The zero-order valence-electron chi connectivity index (χ0n) is 11.4. The standard InChI is InChI=1S/C13H14BrF3N2O2S/c14-11-5-10(13(15,16)17)6-12(7-11)22(20,21)19-8-9-1-3-18-4-2-9/h1,5-7,18-19H,2-4,8H2. The van der Waals surface area contributed by atoms with Crippen molar-refractivity contribution < 1.29 is 21.6 Å². The number of sulfonamides is 1. The molecule has 22 heavy (non-hydrogen) atoms. The number of rotatable bonds is 4. The highest BCUT2D eigenvalue weighted by Crippen LogP contribution is 2.33. The lowest BCUT2D eigenvalue weighted by Gasteiger charge is -2.15. The molecule has 2 rings (SSSR count). The summed E-state index contributed by atoms with van der Waals surface area (Å²) in [5.74, 6) is 0. The predicted molar refractivity (Wildman–Crippen MR) is 79.9 cm³/mol. The van der Waals surface area contributed by atoms with E-state index >= 15 is 0 Å². The zero-order valence-corrected chi connectivity index (χ0v) is 13.8. The van der Waals surface area contributed by atoms with Gasteiger partial charge >= 0.3 is 6.18 Å². The van der Waals surface area contributed by atoms with Crippen molar-refractivity contribution >= 4 is 26.0 Å². The van der Waals surface area contributed by atoms with Gasteiger partial charge in [-0.3, -0.25) is 0 Å². The number of nitrogens with one attached hydrogen (secondary N) is 2. The van der Waals surface area contributed by atoms with Crippen LogP contribution in [0.5, 0.6) is 0 Å². The molecule has 0 atom stereocenters. The molecule has 0 aliphatic carbocycles. The summed E-state index contributed by atoms with van der Waals surface area (Å²) in [6.07, 6.45) is -2.03. The van der Waals surface area contributed by atoms with E-state index in [0.717, 1.165) is 24.3 Å². The molecule has 1 aromatic rings. The second kappa shape index (κ2) is 6.69. The van der Waals surface area contributed by atoms with E-state index in [4.69, 9.17) is 0 Å². The van der Waals surface area contributed by atoms with E-state index in [9.17, 15) is 21.6 Å². The molecule has 4 nitrogen and oxygen atoms in total. The highest BCUT2D eigenvalue weighted by atomic mass is 79.9. The normalized spacial score (nSPS) is 16.5. The fraction of sp³-hybridized carbons (Fsp3) is 0.385. The summed E-state index contributed by atoms with van der Waals surface area (Å²) in [6.45, 7) is 1.51. The smallest absolute Gasteiger partial charge is 0.313 e. The molecule has 1 heterocycles. The lowest BCUT2D eigenvalue weighted by molar-refractivity contribution is -0.137. The van der Waals surface area contributed by atoms with Crippen LogP contribution in [0.25, 0.3) is 0 Å². The highest BCUT2D eigenvalue weighted by molar-refractivity contribution is 9.10. The molecule has 0 amide bonds. The SMILES string of the molecule is O=S(=O)(NCC1=CCNCC1)c1cc(Br)cc(C(F)(F)F)c1. The number of alkyl halides is 3. The Balaban J connectivity index is 2.22. The van der Waals surface area contributed by atoms with Crippen LogP contribution in [0.4, 0.5) is 13.2 Å². The van der Waals surface area contributed by atoms with E-state index in [1.165, 1.54) is 0 Å². The van der Waals surface area contributed by atoms with Crippen molar-refractivity contribution in [3.05, 3.63) is 39.9 Å². The minimum absolute atomic E-state index is 0.0591. The molecule has 0 fully saturated rings. The summed E-state index contributed by atoms with van der Waals surface area (Å²) in [5, 5.41) is 3.09. The molecular weight excluding hydrogens is 385 g/mol. The summed E-state index contributed by atoms with van der Waals surface area (Å²) < 4.78 is 65.0. The van der Waals surface area contributed by atoms with Crippen LogP contribution in [-0.2, 0) is 16.2 Å². The quantitative estimate of drug-likeness (QED) is 0.766. The first kappa shape index (κ1) is 17.5. The largest absolute Gasteiger partial charge is 0.416 e. The van der Waals surface area contributed by atoms with Crippen molar-refractivity contribution in [2.24, 2.45) is 0 Å². The minimum Gasteiger partial charge on any atom is -0.313 e. The number of hydrogen-bond donors (Lipinski definition) is 2. The second-order valence-electron chi connectivity index (χ2n) is 4.81. The van der Waals surface area contributed by atoms with E-state index in [-0.39, 0.29) is 11.0 Å². The maximum atomic E-state index is 12.8. The monoisotopic (exact) mass is 398 g/mol. The number of hydrogen-bond acceptors (Lipinski definition) is 3. The minimum atomic E-state index is -4.61. The zero-order chi connectivity index (χ0) is 16.4. The van der Waals surface area contributed by atoms with Crippen LogP contribution in [-0.4, -0.2) is 28.1 Å². The van der Waals surface area contributed by atoms with Crippen LogP contribution in [0, 0.1) is 0 Å². The molecule has 1 aliphatic rings. The van der Waals surface area contributed by atoms with E-state index in [2.05, 4.69) is 26.0 Å². The average Bonchev–Trinajstić information content (AvgIpc) is 2.45. The third kappa shape index (κ3) is 4.55. The Morgan fingerprint density at radius 2 is 2.00 bits per heavy atom. The molecule has 1 aliphatic heterocycles. The van der Waals surface area contributed by atoms with Gasteiger partial charge in [0.2, 0.25) is 10.0 Å². The van der Waals surface area contributed by atoms with E-state index in [1.54, 1.807) is 0 Å². The molecule has 0 radical (unpaired) electrons. The Labute approximate surface area is 135 Å². The van der Waals surface area contributed by atoms with Crippen molar-refractivity contribution in [2.45, 2.75) is 17.5 Å². The summed E-state index contributed by atoms with van der Waals surface area (Å²) in [4.78, 5) is -0.413. The summed E-state index contributed by atoms with van der Waals surface area (Å²) in [5.41, 5.74) is -0.100. The fourth-order valence-electron chi connectivity index (χ4n) is 1.98. The van der Waals surface area contributed by atoms with Gasteiger partial charge in [0.15, 0.2) is 0 Å². The van der Waals surface area contributed by atoms with Gasteiger partial charge in [0.25, 0.3) is 0 Å². The van der Waals surface area contributed by atoms with Crippen LogP contribution in [0.15, 0.2) is 39.2 Å². The lowest BCUT2D eigenvalue weighted by atomic mass is 10.1. The Morgan fingerprint density at radius 1 is 1.27 bits per heavy atom. The second-order valence-corrected chi connectivity index (χ2v) is 7.50. The molecule has 0 unspecified atom stereocenters. The van der Waals surface area contributed by atoms with Gasteiger partial charge < -0.3 is 5.32 Å². The van der Waals surface area contributed by atoms with Crippen LogP contribution < -0.4 is 10.0 Å². The fourth-order valence-corrected chi connectivity index (χ4v) is 3.73. The van der Waals surface area contributed by atoms with Gasteiger partial charge in [-0.25, -0.2) is 13.1 Å².